The third-order valence-corrected chi connectivity index (χ3v) is 3.76. The molecule has 0 radical (unpaired) electrons. The highest BCUT2D eigenvalue weighted by atomic mass is 32.1. The predicted octanol–water partition coefficient (Wildman–Crippen LogP) is 2.11. The normalized spacial score (nSPS) is 9.67. The number of thiophene rings is 1. The molecule has 6 heteroatoms. The van der Waals surface area contributed by atoms with E-state index in [0.29, 0.717) is 15.6 Å². The molecule has 0 atom stereocenters. The molecule has 4 nitrogen and oxygen atoms in total. The van der Waals surface area contributed by atoms with Gasteiger partial charge in [0.25, 0.3) is 5.91 Å². The van der Waals surface area contributed by atoms with Gasteiger partial charge in [0.15, 0.2) is 5.13 Å². The standard InChI is InChI=1S/C12H10N2O2S2/c1-8-7-13-12(18-8)14-11(16)10-9(3-2-5-15)4-6-17-10/h4,6-7,15H,5H2,1H3,(H,13,14,16). The number of rotatable bonds is 2. The first-order valence-corrected chi connectivity index (χ1v) is 6.81. The maximum absolute atomic E-state index is 12.0. The van der Waals surface area contributed by atoms with Gasteiger partial charge >= 0.3 is 0 Å². The van der Waals surface area contributed by atoms with Crippen molar-refractivity contribution in [3.63, 3.8) is 0 Å². The number of hydrogen-bond donors (Lipinski definition) is 2. The minimum absolute atomic E-state index is 0.220. The van der Waals surface area contributed by atoms with Gasteiger partial charge in [-0.2, -0.15) is 0 Å². The Kier molecular flexibility index (Phi) is 4.10. The topological polar surface area (TPSA) is 62.2 Å². The first-order valence-electron chi connectivity index (χ1n) is 5.11. The van der Waals surface area contributed by atoms with Gasteiger partial charge in [0.1, 0.15) is 11.5 Å². The number of aliphatic hydroxyl groups is 1. The van der Waals surface area contributed by atoms with Gasteiger partial charge in [-0.05, 0) is 18.4 Å². The number of nitrogens with one attached hydrogen (secondary N) is 1. The summed E-state index contributed by atoms with van der Waals surface area (Å²) < 4.78 is 0. The van der Waals surface area contributed by atoms with Crippen molar-refractivity contribution in [2.24, 2.45) is 0 Å². The van der Waals surface area contributed by atoms with E-state index in [2.05, 4.69) is 22.1 Å². The van der Waals surface area contributed by atoms with Gasteiger partial charge in [-0.3, -0.25) is 10.1 Å². The van der Waals surface area contributed by atoms with Crippen LogP contribution in [0.25, 0.3) is 0 Å². The second-order valence-corrected chi connectivity index (χ2v) is 5.50. The minimum atomic E-state index is -0.221. The van der Waals surface area contributed by atoms with Crippen molar-refractivity contribution in [1.82, 2.24) is 4.98 Å². The van der Waals surface area contributed by atoms with E-state index in [-0.39, 0.29) is 12.5 Å². The maximum atomic E-state index is 12.0. The molecule has 2 heterocycles. The van der Waals surface area contributed by atoms with Gasteiger partial charge in [-0.25, -0.2) is 4.98 Å². The number of anilines is 1. The molecule has 0 spiro atoms. The lowest BCUT2D eigenvalue weighted by molar-refractivity contribution is 0.103. The van der Waals surface area contributed by atoms with Crippen LogP contribution in [0.2, 0.25) is 0 Å². The van der Waals surface area contributed by atoms with Crippen molar-refractivity contribution in [1.29, 1.82) is 0 Å². The monoisotopic (exact) mass is 278 g/mol. The Labute approximate surface area is 112 Å². The molecule has 18 heavy (non-hydrogen) atoms. The van der Waals surface area contributed by atoms with Crippen LogP contribution >= 0.6 is 22.7 Å². The summed E-state index contributed by atoms with van der Waals surface area (Å²) in [4.78, 5) is 17.6. The summed E-state index contributed by atoms with van der Waals surface area (Å²) in [6, 6.07) is 1.76. The number of thiazole rings is 1. The van der Waals surface area contributed by atoms with Crippen LogP contribution < -0.4 is 5.32 Å². The summed E-state index contributed by atoms with van der Waals surface area (Å²) in [5.41, 5.74) is 0.625. The molecule has 92 valence electrons. The van der Waals surface area contributed by atoms with Crippen LogP contribution in [0.4, 0.5) is 5.13 Å². The number of carbonyl (C=O) groups is 1. The summed E-state index contributed by atoms with van der Waals surface area (Å²) in [5, 5.41) is 13.8. The van der Waals surface area contributed by atoms with Crippen LogP contribution in [0, 0.1) is 18.8 Å². The first-order chi connectivity index (χ1) is 8.70. The third kappa shape index (κ3) is 2.96. The summed E-state index contributed by atoms with van der Waals surface area (Å²) in [7, 11) is 0. The number of aromatic nitrogens is 1. The fourth-order valence-electron chi connectivity index (χ4n) is 1.28. The molecule has 0 aliphatic carbocycles. The van der Waals surface area contributed by atoms with Gasteiger partial charge < -0.3 is 5.11 Å². The predicted molar refractivity (Wildman–Crippen MR) is 73.1 cm³/mol. The van der Waals surface area contributed by atoms with E-state index in [1.807, 2.05) is 6.92 Å². The number of nitrogens with zero attached hydrogens (tertiary/aromatic N) is 1. The van der Waals surface area contributed by atoms with Crippen molar-refractivity contribution >= 4 is 33.7 Å². The van der Waals surface area contributed by atoms with Crippen LogP contribution in [-0.4, -0.2) is 22.6 Å². The highest BCUT2D eigenvalue weighted by molar-refractivity contribution is 7.16. The fourth-order valence-corrected chi connectivity index (χ4v) is 2.69. The van der Waals surface area contributed by atoms with Gasteiger partial charge in [0.05, 0.1) is 0 Å². The number of aliphatic hydroxyl groups excluding tert-OH is 1. The molecule has 2 rings (SSSR count). The number of hydrogen-bond acceptors (Lipinski definition) is 5. The van der Waals surface area contributed by atoms with Gasteiger partial charge in [-0.15, -0.1) is 22.7 Å². The molecule has 0 fully saturated rings. The first kappa shape index (κ1) is 12.8. The van der Waals surface area contributed by atoms with E-state index >= 15 is 0 Å². The molecule has 0 aromatic carbocycles. The van der Waals surface area contributed by atoms with E-state index in [9.17, 15) is 4.79 Å². The molecule has 0 unspecified atom stereocenters. The van der Waals surface area contributed by atoms with Crippen molar-refractivity contribution < 1.29 is 9.90 Å². The highest BCUT2D eigenvalue weighted by Gasteiger charge is 2.13. The van der Waals surface area contributed by atoms with Crippen molar-refractivity contribution in [2.75, 3.05) is 11.9 Å². The van der Waals surface area contributed by atoms with E-state index in [1.54, 1.807) is 17.6 Å². The Hall–Kier alpha value is -1.68. The SMILES string of the molecule is Cc1cnc(NC(=O)c2sccc2C#CCO)s1. The largest absolute Gasteiger partial charge is 0.384 e. The maximum Gasteiger partial charge on any atom is 0.268 e. The van der Waals surface area contributed by atoms with Crippen LogP contribution in [0.3, 0.4) is 0 Å². The number of aryl methyl sites for hydroxylation is 1. The molecular weight excluding hydrogens is 268 g/mol. The molecule has 2 N–H and O–H groups in total. The molecule has 0 saturated heterocycles. The lowest BCUT2D eigenvalue weighted by atomic mass is 10.2. The quantitative estimate of drug-likeness (QED) is 0.827. The summed E-state index contributed by atoms with van der Waals surface area (Å²) in [5.74, 6) is 5.06. The molecule has 0 saturated carbocycles. The highest BCUT2D eigenvalue weighted by Crippen LogP contribution is 2.21. The molecule has 2 aromatic heterocycles. The average molecular weight is 278 g/mol. The van der Waals surface area contributed by atoms with Gasteiger partial charge in [-0.1, -0.05) is 11.8 Å². The molecule has 2 aromatic rings. The Balaban J connectivity index is 2.16. The Morgan fingerprint density at radius 2 is 2.44 bits per heavy atom. The fraction of sp³-hybridized carbons (Fsp3) is 0.167. The zero-order valence-electron chi connectivity index (χ0n) is 9.56. The molecule has 0 aliphatic rings. The Bertz CT molecular complexity index is 619. The van der Waals surface area contributed by atoms with Crippen LogP contribution in [0.5, 0.6) is 0 Å². The summed E-state index contributed by atoms with van der Waals surface area (Å²) >= 11 is 2.74. The second kappa shape index (κ2) is 5.78. The molecular formula is C12H10N2O2S2. The van der Waals surface area contributed by atoms with Crippen LogP contribution in [-0.2, 0) is 0 Å². The van der Waals surface area contributed by atoms with Crippen LogP contribution in [0.1, 0.15) is 20.1 Å². The van der Waals surface area contributed by atoms with Gasteiger partial charge in [0, 0.05) is 16.6 Å². The number of amides is 1. The van der Waals surface area contributed by atoms with E-state index in [4.69, 9.17) is 5.11 Å². The Morgan fingerprint density at radius 1 is 1.61 bits per heavy atom. The Morgan fingerprint density at radius 3 is 3.11 bits per heavy atom. The van der Waals surface area contributed by atoms with Gasteiger partial charge in [0.2, 0.25) is 0 Å². The van der Waals surface area contributed by atoms with E-state index in [0.717, 1.165) is 4.88 Å². The van der Waals surface area contributed by atoms with Crippen molar-refractivity contribution in [3.05, 3.63) is 33.0 Å². The lowest BCUT2D eigenvalue weighted by Crippen LogP contribution is -2.11. The van der Waals surface area contributed by atoms with E-state index in [1.165, 1.54) is 22.7 Å². The molecule has 1 amide bonds. The lowest BCUT2D eigenvalue weighted by Gasteiger charge is -1.99. The van der Waals surface area contributed by atoms with Crippen LogP contribution in [0.15, 0.2) is 17.6 Å². The van der Waals surface area contributed by atoms with Crippen molar-refractivity contribution in [2.45, 2.75) is 6.92 Å². The molecule has 0 aliphatic heterocycles. The zero-order valence-corrected chi connectivity index (χ0v) is 11.2. The second-order valence-electron chi connectivity index (χ2n) is 3.35. The number of carbonyl (C=O) groups excluding carboxylic acids is 1. The van der Waals surface area contributed by atoms with Crippen molar-refractivity contribution in [3.8, 4) is 11.8 Å². The summed E-state index contributed by atoms with van der Waals surface area (Å²) in [6.45, 7) is 1.71. The van der Waals surface area contributed by atoms with E-state index < -0.39 is 0 Å². The smallest absolute Gasteiger partial charge is 0.268 e. The summed E-state index contributed by atoms with van der Waals surface area (Å²) in [6.07, 6.45) is 1.71. The minimum Gasteiger partial charge on any atom is -0.384 e. The average Bonchev–Trinajstić information content (AvgIpc) is 2.95. The third-order valence-electron chi connectivity index (χ3n) is 2.02. The molecule has 0 bridgehead atoms. The zero-order chi connectivity index (χ0) is 13.0.